The normalized spacial score (nSPS) is 8.04. The molecule has 148 valence electrons. The molecule has 0 aromatic heterocycles. The minimum Gasteiger partial charge on any atom is -1.00 e. The fourth-order valence-corrected chi connectivity index (χ4v) is 0. The van der Waals surface area contributed by atoms with E-state index in [9.17, 15) is 0 Å². The molecule has 0 saturated heterocycles. The number of carbonyl (C=O) groups is 1. The van der Waals surface area contributed by atoms with Gasteiger partial charge in [0, 0.05) is 0 Å². The van der Waals surface area contributed by atoms with E-state index in [0.717, 1.165) is 0 Å². The van der Waals surface area contributed by atoms with Crippen LogP contribution in [-0.2, 0) is 13.7 Å². The van der Waals surface area contributed by atoms with Gasteiger partial charge in [-0.3, -0.25) is 0 Å². The first-order valence-electron chi connectivity index (χ1n) is 3.00. The van der Waals surface area contributed by atoms with Crippen molar-refractivity contribution in [1.29, 1.82) is 0 Å². The first-order valence-corrected chi connectivity index (χ1v) is 7.69. The Morgan fingerprint density at radius 3 is 0.520 bits per heavy atom. The van der Waals surface area contributed by atoms with Gasteiger partial charge < -0.3 is 74.0 Å². The Morgan fingerprint density at radius 1 is 0.520 bits per heavy atom. The molecule has 0 amide bonds. The van der Waals surface area contributed by atoms with Crippen LogP contribution in [0.5, 0.6) is 0 Å². The van der Waals surface area contributed by atoms with Crippen LogP contribution in [0.3, 0.4) is 0 Å². The molecule has 0 rings (SSSR count). The molecule has 0 saturated carbocycles. The second-order valence-corrected chi connectivity index (χ2v) is 4.90. The fourth-order valence-electron chi connectivity index (χ4n) is 0. The molecule has 0 aliphatic rings. The van der Waals surface area contributed by atoms with Gasteiger partial charge in [0.15, 0.2) is 0 Å². The first kappa shape index (κ1) is 63.2. The minimum atomic E-state index is -4.64. The second-order valence-electron chi connectivity index (χ2n) is 1.82. The molecule has 0 aromatic rings. The first-order chi connectivity index (χ1) is 7.73. The van der Waals surface area contributed by atoms with Gasteiger partial charge in [0.25, 0.3) is 0 Å². The average molecular weight is 584 g/mol. The van der Waals surface area contributed by atoms with Crippen LogP contribution in [0.4, 0.5) is 4.79 Å². The van der Waals surface area contributed by atoms with Crippen molar-refractivity contribution < 1.29 is 92.5 Å². The Hall–Kier alpha value is 5.86. The van der Waals surface area contributed by atoms with Gasteiger partial charge in [-0.25, -0.2) is 18.5 Å². The van der Waals surface area contributed by atoms with Crippen LogP contribution in [0.1, 0.15) is 14.3 Å². The molecule has 25 heavy (non-hydrogen) atoms. The summed E-state index contributed by atoms with van der Waals surface area (Å²) in [7, 11) is -13.9. The summed E-state index contributed by atoms with van der Waals surface area (Å²) >= 11 is 0. The van der Waals surface area contributed by atoms with Gasteiger partial charge in [-0.1, -0.05) is 0 Å². The van der Waals surface area contributed by atoms with E-state index in [2.05, 4.69) is 0 Å². The molecule has 0 spiro atoms. The molecule has 13 N–H and O–H groups in total. The van der Waals surface area contributed by atoms with E-state index in [1.54, 1.807) is 0 Å². The maximum Gasteiger partial charge on any atom is 2.00 e. The van der Waals surface area contributed by atoms with Crippen LogP contribution in [-0.4, -0.2) is 255 Å². The van der Waals surface area contributed by atoms with Crippen LogP contribution in [0, 0.1) is 0 Å². The molecule has 0 aliphatic carbocycles. The van der Waals surface area contributed by atoms with Crippen molar-refractivity contribution in [2.45, 2.75) is 0 Å². The number of hydrogen-bond donors (Lipinski definition) is 11. The van der Waals surface area contributed by atoms with Gasteiger partial charge in [0.2, 0.25) is 0 Å². The number of hydrogen-bond acceptors (Lipinski definition) is 4. The van der Waals surface area contributed by atoms with Crippen LogP contribution in [0.25, 0.3) is 0 Å². The van der Waals surface area contributed by atoms with E-state index in [1.807, 2.05) is 0 Å². The Balaban J connectivity index is -0.00000000414. The molecular weight excluding hydrogens is 561 g/mol. The summed E-state index contributed by atoms with van der Waals surface area (Å²) < 4.78 is 26.6. The average Bonchev–Trinajstić information content (AvgIpc) is 1.66. The number of carboxylic acid groups (broad SMARTS) is 2. The van der Waals surface area contributed by atoms with E-state index in [0.29, 0.717) is 0 Å². The molecule has 0 fully saturated rings. The molecule has 0 aliphatic heterocycles. The summed E-state index contributed by atoms with van der Waals surface area (Å²) in [5, 5.41) is 13.9. The Kier molecular flexibility index (Phi) is 87.2. The van der Waals surface area contributed by atoms with Gasteiger partial charge in [-0.2, -0.15) is 0 Å². The molecule has 0 bridgehead atoms. The summed E-state index contributed by atoms with van der Waals surface area (Å²) in [6, 6.07) is 0. The zero-order valence-corrected chi connectivity index (χ0v) is 26.2. The smallest absolute Gasteiger partial charge is 1.00 e. The topological polar surface area (TPSA) is 322 Å². The summed E-state index contributed by atoms with van der Waals surface area (Å²) in [6.07, 6.45) is -1.83. The molecule has 0 unspecified atom stereocenters. The quantitative estimate of drug-likeness (QED) is 0.0950. The Bertz CT molecular complexity index is 322. The summed E-state index contributed by atoms with van der Waals surface area (Å²) in [5.41, 5.74) is 0. The predicted molar refractivity (Wildman–Crippen MR) is 96.9 cm³/mol. The van der Waals surface area contributed by atoms with E-state index in [1.165, 1.54) is 0 Å². The molecule has 24 heteroatoms. The predicted octanol–water partition coefficient (Wildman–Crippen LogP) is -4.17. The third kappa shape index (κ3) is 675. The third-order valence-corrected chi connectivity index (χ3v) is 0. The van der Waals surface area contributed by atoms with Crippen molar-refractivity contribution in [3.63, 3.8) is 0 Å². The van der Waals surface area contributed by atoms with Crippen molar-refractivity contribution in [1.82, 2.24) is 0 Å². The standard InChI is InChI=1S/CH2O3.5Ca.3H3O4P.H2O.10H/c2-1(3)4;;;;;;3*1-5(2,3)4;;;;;;;;;;;/h(H2,2,3,4);;;;;;3*(H3,1,2,3,4);1H2;;;;;;;;;;/q;5*+2;;;;;10*-1. The fraction of sp³-hybridized carbons (Fsp3) is 0. The maximum atomic E-state index is 8.88. The van der Waals surface area contributed by atoms with Crippen molar-refractivity contribution in [3.05, 3.63) is 0 Å². The van der Waals surface area contributed by atoms with Gasteiger partial charge in [-0.05, 0) is 0 Å². The van der Waals surface area contributed by atoms with E-state index >= 15 is 0 Å². The Labute approximate surface area is 304 Å². The molecule has 0 radical (unpaired) electrons. The van der Waals surface area contributed by atoms with Crippen LogP contribution in [0.15, 0.2) is 0 Å². The van der Waals surface area contributed by atoms with E-state index < -0.39 is 29.6 Å². The summed E-state index contributed by atoms with van der Waals surface area (Å²) in [5.74, 6) is 0. The summed E-state index contributed by atoms with van der Waals surface area (Å²) in [4.78, 5) is 73.2. The SMILES string of the molecule is O.O=C(O)O.O=P(O)(O)O.O=P(O)(O)O.O=P(O)(O)O.[Ca+2].[Ca+2].[Ca+2].[Ca+2].[Ca+2].[H-].[H-].[H-].[H-].[H-].[H-].[H-].[H-].[H-].[H-]. The summed E-state index contributed by atoms with van der Waals surface area (Å²) in [6.45, 7) is 0. The van der Waals surface area contributed by atoms with E-state index in [-0.39, 0.29) is 208 Å². The molecular formula is CH23Ca5O16P3. The van der Waals surface area contributed by atoms with Crippen molar-refractivity contribution in [2.75, 3.05) is 0 Å². The third-order valence-electron chi connectivity index (χ3n) is 0. The number of phosphoric acid groups is 3. The molecule has 0 heterocycles. The molecule has 0 aromatic carbocycles. The van der Waals surface area contributed by atoms with Gasteiger partial charge in [0.05, 0.1) is 0 Å². The molecule has 0 atom stereocenters. The molecule has 16 nitrogen and oxygen atoms in total. The van der Waals surface area contributed by atoms with Gasteiger partial charge in [-0.15, -0.1) is 0 Å². The van der Waals surface area contributed by atoms with Crippen LogP contribution < -0.4 is 0 Å². The van der Waals surface area contributed by atoms with Crippen LogP contribution >= 0.6 is 23.5 Å². The maximum absolute atomic E-state index is 8.88. The van der Waals surface area contributed by atoms with Gasteiger partial charge >= 0.3 is 218 Å². The van der Waals surface area contributed by atoms with Crippen molar-refractivity contribution in [2.24, 2.45) is 0 Å². The van der Waals surface area contributed by atoms with E-state index in [4.69, 9.17) is 72.7 Å². The monoisotopic (exact) mass is 584 g/mol. The van der Waals surface area contributed by atoms with Crippen LogP contribution in [0.2, 0.25) is 0 Å². The van der Waals surface area contributed by atoms with Crippen molar-refractivity contribution in [3.8, 4) is 0 Å². The minimum absolute atomic E-state index is 0. The zero-order chi connectivity index (χ0) is 17.1. The zero-order valence-electron chi connectivity index (χ0n) is 22.4. The largest absolute Gasteiger partial charge is 2.00 e. The van der Waals surface area contributed by atoms with Crippen molar-refractivity contribution >= 4 is 218 Å². The van der Waals surface area contributed by atoms with Gasteiger partial charge in [0.1, 0.15) is 0 Å². The second kappa shape index (κ2) is 34.5. The number of rotatable bonds is 0. The Morgan fingerprint density at radius 2 is 0.520 bits per heavy atom.